The van der Waals surface area contributed by atoms with Crippen molar-refractivity contribution in [2.24, 2.45) is 16.7 Å². The van der Waals surface area contributed by atoms with Crippen LogP contribution in [0.25, 0.3) is 0 Å². The van der Waals surface area contributed by atoms with E-state index >= 15 is 0 Å². The van der Waals surface area contributed by atoms with Crippen molar-refractivity contribution in [1.29, 1.82) is 0 Å². The quantitative estimate of drug-likeness (QED) is 0.788. The fraction of sp³-hybridized carbons (Fsp3) is 0.500. The number of hydrogen-bond donors (Lipinski definition) is 1. The Morgan fingerprint density at radius 3 is 2.22 bits per heavy atom. The van der Waals surface area contributed by atoms with Crippen molar-refractivity contribution in [3.05, 3.63) is 27.1 Å². The summed E-state index contributed by atoms with van der Waals surface area (Å²) in [6.45, 7) is 8.58. The zero-order chi connectivity index (χ0) is 13.7. The minimum Gasteiger partial charge on any atom is -0.325 e. The Morgan fingerprint density at radius 2 is 1.72 bits per heavy atom. The van der Waals surface area contributed by atoms with Crippen molar-refractivity contribution in [3.63, 3.8) is 0 Å². The maximum atomic E-state index is 12.3. The van der Waals surface area contributed by atoms with Crippen LogP contribution in [0.4, 0.5) is 5.69 Å². The van der Waals surface area contributed by atoms with Crippen molar-refractivity contribution in [3.8, 4) is 0 Å². The molecule has 4 heteroatoms. The number of benzene rings is 1. The molecule has 1 saturated carbocycles. The molecule has 1 aromatic carbocycles. The molecule has 0 aromatic heterocycles. The van der Waals surface area contributed by atoms with Gasteiger partial charge in [-0.15, -0.1) is 0 Å². The molecule has 0 saturated heterocycles. The summed E-state index contributed by atoms with van der Waals surface area (Å²) in [5.41, 5.74) is 0.943. The standard InChI is InChI=1S/C14H17Br2NO/c1-13(2)11(14(13,3)4)12(18)17-10-7-8(15)5-6-9(10)16/h5-7,11H,1-4H3,(H,17,18). The van der Waals surface area contributed by atoms with E-state index in [0.29, 0.717) is 0 Å². The van der Waals surface area contributed by atoms with E-state index in [4.69, 9.17) is 0 Å². The predicted molar refractivity (Wildman–Crippen MR) is 81.5 cm³/mol. The van der Waals surface area contributed by atoms with Gasteiger partial charge in [-0.1, -0.05) is 43.6 Å². The molecule has 0 heterocycles. The molecule has 1 aromatic rings. The Hall–Kier alpha value is -0.350. The first-order chi connectivity index (χ1) is 8.18. The lowest BCUT2D eigenvalue weighted by atomic mass is 10.0. The first-order valence-electron chi connectivity index (χ1n) is 5.94. The monoisotopic (exact) mass is 373 g/mol. The van der Waals surface area contributed by atoms with Gasteiger partial charge in [-0.3, -0.25) is 4.79 Å². The summed E-state index contributed by atoms with van der Waals surface area (Å²) in [6, 6.07) is 5.76. The van der Waals surface area contributed by atoms with E-state index in [0.717, 1.165) is 14.6 Å². The van der Waals surface area contributed by atoms with Gasteiger partial charge in [0.25, 0.3) is 0 Å². The van der Waals surface area contributed by atoms with Gasteiger partial charge in [0, 0.05) is 14.9 Å². The second-order valence-electron chi connectivity index (χ2n) is 5.99. The molecule has 0 atom stereocenters. The number of hydrogen-bond acceptors (Lipinski definition) is 1. The third-order valence-corrected chi connectivity index (χ3v) is 5.65. The number of carbonyl (C=O) groups excluding carboxylic acids is 1. The Kier molecular flexibility index (Phi) is 3.39. The Balaban J connectivity index is 2.17. The molecule has 98 valence electrons. The molecule has 1 fully saturated rings. The zero-order valence-corrected chi connectivity index (χ0v) is 14.1. The Morgan fingerprint density at radius 1 is 1.17 bits per heavy atom. The van der Waals surface area contributed by atoms with Crippen molar-refractivity contribution >= 4 is 43.5 Å². The molecule has 2 nitrogen and oxygen atoms in total. The third-order valence-electron chi connectivity index (χ3n) is 4.47. The van der Waals surface area contributed by atoms with Gasteiger partial charge >= 0.3 is 0 Å². The molecular formula is C14H17Br2NO. The van der Waals surface area contributed by atoms with Crippen molar-refractivity contribution in [2.45, 2.75) is 27.7 Å². The largest absolute Gasteiger partial charge is 0.325 e. The molecule has 0 radical (unpaired) electrons. The molecular weight excluding hydrogens is 358 g/mol. The van der Waals surface area contributed by atoms with Crippen LogP contribution in [0.15, 0.2) is 27.1 Å². The topological polar surface area (TPSA) is 29.1 Å². The van der Waals surface area contributed by atoms with Gasteiger partial charge in [-0.05, 0) is 45.0 Å². The molecule has 0 unspecified atom stereocenters. The van der Waals surface area contributed by atoms with Gasteiger partial charge in [-0.2, -0.15) is 0 Å². The maximum Gasteiger partial charge on any atom is 0.228 e. The lowest BCUT2D eigenvalue weighted by Crippen LogP contribution is -2.17. The number of halogens is 2. The van der Waals surface area contributed by atoms with Crippen LogP contribution in [0.5, 0.6) is 0 Å². The predicted octanol–water partition coefficient (Wildman–Crippen LogP) is 4.83. The van der Waals surface area contributed by atoms with Crippen molar-refractivity contribution < 1.29 is 4.79 Å². The van der Waals surface area contributed by atoms with Crippen molar-refractivity contribution in [1.82, 2.24) is 0 Å². The second-order valence-corrected chi connectivity index (χ2v) is 7.76. The minimum atomic E-state index is 0.0651. The summed E-state index contributed by atoms with van der Waals surface area (Å²) >= 11 is 6.86. The highest BCUT2D eigenvalue weighted by Gasteiger charge is 2.68. The van der Waals surface area contributed by atoms with Crippen molar-refractivity contribution in [2.75, 3.05) is 5.32 Å². The van der Waals surface area contributed by atoms with E-state index < -0.39 is 0 Å². The van der Waals surface area contributed by atoms with E-state index in [2.05, 4.69) is 64.9 Å². The van der Waals surface area contributed by atoms with Crippen LogP contribution < -0.4 is 5.32 Å². The molecule has 2 rings (SSSR count). The highest BCUT2D eigenvalue weighted by Crippen LogP contribution is 2.68. The number of nitrogens with one attached hydrogen (secondary N) is 1. The number of rotatable bonds is 2. The van der Waals surface area contributed by atoms with Crippen LogP contribution >= 0.6 is 31.9 Å². The average molecular weight is 375 g/mol. The minimum absolute atomic E-state index is 0.0651. The smallest absolute Gasteiger partial charge is 0.228 e. The molecule has 1 aliphatic carbocycles. The van der Waals surface area contributed by atoms with Gasteiger partial charge in [0.05, 0.1) is 5.69 Å². The molecule has 1 amide bonds. The molecule has 18 heavy (non-hydrogen) atoms. The van der Waals surface area contributed by atoms with Crippen LogP contribution in [0.1, 0.15) is 27.7 Å². The van der Waals surface area contributed by atoms with E-state index in [1.807, 2.05) is 18.2 Å². The van der Waals surface area contributed by atoms with Crippen LogP contribution in [0, 0.1) is 16.7 Å². The summed E-state index contributed by atoms with van der Waals surface area (Å²) in [6.07, 6.45) is 0. The molecule has 1 aliphatic rings. The van der Waals surface area contributed by atoms with Gasteiger partial charge in [0.1, 0.15) is 0 Å². The fourth-order valence-electron chi connectivity index (χ4n) is 2.65. The average Bonchev–Trinajstić information content (AvgIpc) is 2.63. The van der Waals surface area contributed by atoms with Gasteiger partial charge in [0.2, 0.25) is 5.91 Å². The molecule has 1 N–H and O–H groups in total. The SMILES string of the molecule is CC1(C)C(C(=O)Nc2cc(Br)ccc2Br)C1(C)C. The highest BCUT2D eigenvalue weighted by atomic mass is 79.9. The first kappa shape index (κ1) is 14.1. The Bertz CT molecular complexity index is 495. The molecule has 0 spiro atoms. The maximum absolute atomic E-state index is 12.3. The number of carbonyl (C=O) groups is 1. The second kappa shape index (κ2) is 4.34. The van der Waals surface area contributed by atoms with Crippen LogP contribution in [0.3, 0.4) is 0 Å². The first-order valence-corrected chi connectivity index (χ1v) is 7.52. The zero-order valence-electron chi connectivity index (χ0n) is 11.0. The third kappa shape index (κ3) is 2.14. The lowest BCUT2D eigenvalue weighted by molar-refractivity contribution is -0.118. The number of anilines is 1. The molecule has 0 aliphatic heterocycles. The highest BCUT2D eigenvalue weighted by molar-refractivity contribution is 9.11. The summed E-state index contributed by atoms with van der Waals surface area (Å²) in [7, 11) is 0. The van der Waals surface area contributed by atoms with Gasteiger partial charge in [-0.25, -0.2) is 0 Å². The summed E-state index contributed by atoms with van der Waals surface area (Å²) in [5, 5.41) is 3.01. The van der Waals surface area contributed by atoms with Gasteiger partial charge in [0.15, 0.2) is 0 Å². The van der Waals surface area contributed by atoms with E-state index in [1.54, 1.807) is 0 Å². The summed E-state index contributed by atoms with van der Waals surface area (Å²) in [5.74, 6) is 0.166. The lowest BCUT2D eigenvalue weighted by Gasteiger charge is -2.09. The fourth-order valence-corrected chi connectivity index (χ4v) is 3.36. The van der Waals surface area contributed by atoms with Gasteiger partial charge < -0.3 is 5.32 Å². The van der Waals surface area contributed by atoms with E-state index in [-0.39, 0.29) is 22.7 Å². The van der Waals surface area contributed by atoms with Crippen LogP contribution in [-0.4, -0.2) is 5.91 Å². The van der Waals surface area contributed by atoms with Crippen LogP contribution in [-0.2, 0) is 4.79 Å². The van der Waals surface area contributed by atoms with E-state index in [1.165, 1.54) is 0 Å². The van der Waals surface area contributed by atoms with Crippen LogP contribution in [0.2, 0.25) is 0 Å². The normalized spacial score (nSPS) is 20.6. The summed E-state index contributed by atoms with van der Waals surface area (Å²) < 4.78 is 1.85. The summed E-state index contributed by atoms with van der Waals surface area (Å²) in [4.78, 5) is 12.3. The number of amides is 1. The Labute approximate surface area is 125 Å². The van der Waals surface area contributed by atoms with E-state index in [9.17, 15) is 4.79 Å². The molecule has 0 bridgehead atoms.